The van der Waals surface area contributed by atoms with Crippen molar-refractivity contribution in [2.24, 2.45) is 11.7 Å². The van der Waals surface area contributed by atoms with Gasteiger partial charge in [0.05, 0.1) is 6.42 Å². The Morgan fingerprint density at radius 1 is 0.861 bits per heavy atom. The second-order valence-corrected chi connectivity index (χ2v) is 19.9. The molecule has 72 heavy (non-hydrogen) atoms. The molecule has 3 aliphatic rings. The van der Waals surface area contributed by atoms with Gasteiger partial charge in [-0.2, -0.15) is 8.42 Å². The van der Waals surface area contributed by atoms with Crippen LogP contribution in [-0.4, -0.2) is 188 Å². The number of carboxylic acids is 2. The smallest absolute Gasteiger partial charge is 0.397 e. The van der Waals surface area contributed by atoms with E-state index in [1.165, 1.54) is 45.6 Å². The van der Waals surface area contributed by atoms with Crippen molar-refractivity contribution >= 4 is 40.2 Å². The molecule has 3 aliphatic heterocycles. The van der Waals surface area contributed by atoms with Crippen molar-refractivity contribution < 1.29 is 90.3 Å². The third-order valence-electron chi connectivity index (χ3n) is 13.0. The number of likely N-dealkylation sites (N-methyl/N-ethyl adjacent to an activating group) is 2. The first-order valence-electron chi connectivity index (χ1n) is 24.5. The highest BCUT2D eigenvalue weighted by Gasteiger charge is 2.58. The van der Waals surface area contributed by atoms with Gasteiger partial charge >= 0.3 is 40.0 Å². The van der Waals surface area contributed by atoms with E-state index in [1.54, 1.807) is 6.92 Å². The molecule has 3 fully saturated rings. The fourth-order valence-electron chi connectivity index (χ4n) is 9.36. The number of aliphatic hydroxyl groups excluding tert-OH is 3. The fraction of sp³-hybridized carbons (Fsp3) is 0.800. The highest BCUT2D eigenvalue weighted by atomic mass is 32.3. The van der Waals surface area contributed by atoms with Gasteiger partial charge in [-0.25, -0.2) is 13.8 Å². The standard InChI is InChI=1S/C45H73N5O21S/c1-5-6-7-8-9-10-11-12-13-14-15-16-17-26(66-31(54)21-25(2)20-30(52)53)22-32(55)67-28-24-48(3)34(41(59)49(4)33(28)43(60)61)38(70-44-40(71-72(63,64)65)35(56)27(23-46)68-44)39-36(57)37(58)42(69-39)50-19-18-29(51)47-45(50)62/h18-19,25-28,33-40,42,44,56-58H,5-17,20-24,46H2,1-4H3,(H,52,53)(H,60,61)(H,47,51,62)(H,63,64,65)/t25-,26+,27-,28+,33+,34+,35-,36+,37-,38+,39+,40-,42-,44+/m1/s1. The lowest BCUT2D eigenvalue weighted by atomic mass is 9.97. The second kappa shape index (κ2) is 28.3. The predicted octanol–water partition coefficient (Wildman–Crippen LogP) is -0.195. The quantitative estimate of drug-likeness (QED) is 0.0281. The minimum atomic E-state index is -5.37. The van der Waals surface area contributed by atoms with Gasteiger partial charge in [-0.1, -0.05) is 84.5 Å². The second-order valence-electron chi connectivity index (χ2n) is 18.9. The first-order chi connectivity index (χ1) is 34.0. The summed E-state index contributed by atoms with van der Waals surface area (Å²) in [5.74, 6) is -6.26. The number of aromatic amines is 1. The SMILES string of the molecule is CCCCCCCCCCCCCC[C@@H](CC(=O)O[C@H]1CN(C)[C@@H]([C@H](O[C@@H]2O[C@H](CN)[C@@H](O)[C@H]2OS(=O)(=O)O)[C@H]2O[C@@H](n3ccc(=O)[nH]c3=O)[C@H](O)[C@@H]2O)C(=O)N(C)[C@@H]1C(=O)O)OC(=O)C[C@H](C)CC(=O)O. The van der Waals surface area contributed by atoms with Gasteiger partial charge in [0.2, 0.25) is 5.91 Å². The van der Waals surface area contributed by atoms with Crippen LogP contribution in [0.3, 0.4) is 0 Å². The number of carbonyl (C=O) groups excluding carboxylic acids is 3. The molecule has 3 saturated heterocycles. The maximum Gasteiger partial charge on any atom is 0.397 e. The largest absolute Gasteiger partial charge is 0.481 e. The van der Waals surface area contributed by atoms with Crippen LogP contribution >= 0.6 is 0 Å². The first kappa shape index (κ1) is 60.1. The number of hydrogen-bond donors (Lipinski definition) is 8. The molecule has 4 heterocycles. The number of hydrogen-bond acceptors (Lipinski definition) is 20. The van der Waals surface area contributed by atoms with Crippen molar-refractivity contribution in [3.8, 4) is 0 Å². The topological polar surface area (TPSA) is 384 Å². The number of aliphatic carboxylic acids is 2. The average Bonchev–Trinajstić information content (AvgIpc) is 3.70. The van der Waals surface area contributed by atoms with Crippen LogP contribution in [-0.2, 0) is 62.2 Å². The Morgan fingerprint density at radius 2 is 1.47 bits per heavy atom. The predicted molar refractivity (Wildman–Crippen MR) is 249 cm³/mol. The summed E-state index contributed by atoms with van der Waals surface area (Å²) in [6.45, 7) is 2.66. The van der Waals surface area contributed by atoms with Crippen LogP contribution < -0.4 is 17.0 Å². The van der Waals surface area contributed by atoms with E-state index in [4.69, 9.17) is 29.4 Å². The van der Waals surface area contributed by atoms with Crippen LogP contribution in [0, 0.1) is 5.92 Å². The number of nitrogens with two attached hydrogens (primary N) is 1. The van der Waals surface area contributed by atoms with E-state index < -0.39 is 156 Å². The van der Waals surface area contributed by atoms with Gasteiger partial charge in [0.1, 0.15) is 54.9 Å². The monoisotopic (exact) mass is 1050 g/mol. The summed E-state index contributed by atoms with van der Waals surface area (Å²) in [5.41, 5.74) is 3.80. The summed E-state index contributed by atoms with van der Waals surface area (Å²) in [6, 6.07) is -2.88. The number of unbranched alkanes of at least 4 members (excludes halogenated alkanes) is 11. The number of carbonyl (C=O) groups is 5. The Bertz CT molecular complexity index is 2180. The van der Waals surface area contributed by atoms with Crippen LogP contribution in [0.2, 0.25) is 0 Å². The lowest BCUT2D eigenvalue weighted by Gasteiger charge is -2.38. The van der Waals surface area contributed by atoms with E-state index in [0.717, 1.165) is 56.3 Å². The maximum absolute atomic E-state index is 14.7. The fourth-order valence-corrected chi connectivity index (χ4v) is 9.84. The zero-order valence-electron chi connectivity index (χ0n) is 41.1. The molecule has 0 aromatic carbocycles. The molecule has 0 aliphatic carbocycles. The molecule has 4 rings (SSSR count). The van der Waals surface area contributed by atoms with Crippen LogP contribution in [0.25, 0.3) is 0 Å². The van der Waals surface area contributed by atoms with Gasteiger partial charge in [0.25, 0.3) is 5.56 Å². The average molecular weight is 1050 g/mol. The van der Waals surface area contributed by atoms with Gasteiger partial charge in [0.15, 0.2) is 24.7 Å². The van der Waals surface area contributed by atoms with Crippen molar-refractivity contribution in [1.82, 2.24) is 19.4 Å². The van der Waals surface area contributed by atoms with Crippen molar-refractivity contribution in [1.29, 1.82) is 0 Å². The number of nitrogens with one attached hydrogen (secondary N) is 1. The Hall–Kier alpha value is -4.42. The first-order valence-corrected chi connectivity index (χ1v) is 25.8. The number of aromatic nitrogens is 2. The number of amides is 1. The molecular weight excluding hydrogens is 979 g/mol. The Labute approximate surface area is 417 Å². The van der Waals surface area contributed by atoms with E-state index in [9.17, 15) is 72.1 Å². The molecular formula is C45H73N5O21S. The maximum atomic E-state index is 14.7. The van der Waals surface area contributed by atoms with Crippen LogP contribution in [0.1, 0.15) is 123 Å². The van der Waals surface area contributed by atoms with E-state index in [0.29, 0.717) is 15.9 Å². The lowest BCUT2D eigenvalue weighted by molar-refractivity contribution is -0.230. The number of H-pyrrole nitrogens is 1. The van der Waals surface area contributed by atoms with E-state index in [2.05, 4.69) is 11.1 Å². The summed E-state index contributed by atoms with van der Waals surface area (Å²) in [5, 5.41) is 53.5. The molecule has 1 aromatic rings. The molecule has 27 heteroatoms. The van der Waals surface area contributed by atoms with E-state index >= 15 is 0 Å². The summed E-state index contributed by atoms with van der Waals surface area (Å²) < 4.78 is 68.1. The molecule has 0 spiro atoms. The van der Waals surface area contributed by atoms with Crippen molar-refractivity contribution in [3.63, 3.8) is 0 Å². The number of aliphatic hydroxyl groups is 3. The molecule has 14 atom stereocenters. The Morgan fingerprint density at radius 3 is 2.03 bits per heavy atom. The number of rotatable bonds is 30. The van der Waals surface area contributed by atoms with Gasteiger partial charge < -0.3 is 59.9 Å². The highest BCUT2D eigenvalue weighted by molar-refractivity contribution is 7.80. The van der Waals surface area contributed by atoms with Gasteiger partial charge in [-0.3, -0.25) is 43.0 Å². The third-order valence-corrected chi connectivity index (χ3v) is 13.5. The molecule has 26 nitrogen and oxygen atoms in total. The number of esters is 2. The summed E-state index contributed by atoms with van der Waals surface area (Å²) in [7, 11) is -3.06. The molecule has 1 aromatic heterocycles. The normalized spacial score (nSPS) is 28.3. The van der Waals surface area contributed by atoms with E-state index in [1.807, 2.05) is 4.98 Å². The summed E-state index contributed by atoms with van der Waals surface area (Å²) in [4.78, 5) is 94.4. The Kier molecular flexibility index (Phi) is 23.6. The molecule has 0 unspecified atom stereocenters. The van der Waals surface area contributed by atoms with Gasteiger partial charge in [-0.15, -0.1) is 0 Å². The molecule has 0 radical (unpaired) electrons. The molecule has 9 N–H and O–H groups in total. The molecule has 1 amide bonds. The lowest BCUT2D eigenvalue weighted by Crippen LogP contribution is -2.60. The van der Waals surface area contributed by atoms with Gasteiger partial charge in [0, 0.05) is 45.2 Å². The number of carboxylic acid groups (broad SMARTS) is 2. The minimum absolute atomic E-state index is 0.213. The van der Waals surface area contributed by atoms with Crippen LogP contribution in [0.5, 0.6) is 0 Å². The third kappa shape index (κ3) is 17.3. The van der Waals surface area contributed by atoms with E-state index in [-0.39, 0.29) is 19.3 Å². The van der Waals surface area contributed by atoms with Crippen LogP contribution in [0.4, 0.5) is 0 Å². The highest BCUT2D eigenvalue weighted by Crippen LogP contribution is 2.37. The minimum Gasteiger partial charge on any atom is -0.481 e. The summed E-state index contributed by atoms with van der Waals surface area (Å²) >= 11 is 0. The Balaban J connectivity index is 1.60. The molecule has 0 bridgehead atoms. The van der Waals surface area contributed by atoms with Crippen LogP contribution in [0.15, 0.2) is 21.9 Å². The zero-order valence-corrected chi connectivity index (χ0v) is 41.9. The number of nitrogens with zero attached hydrogens (tertiary/aromatic N) is 3. The number of ether oxygens (including phenoxy) is 5. The van der Waals surface area contributed by atoms with Crippen molar-refractivity contribution in [3.05, 3.63) is 33.1 Å². The molecule has 0 saturated carbocycles. The zero-order chi connectivity index (χ0) is 53.4. The summed E-state index contributed by atoms with van der Waals surface area (Å²) in [6.07, 6.45) is -7.45. The molecule has 410 valence electrons. The van der Waals surface area contributed by atoms with Crippen molar-refractivity contribution in [2.75, 3.05) is 27.2 Å². The van der Waals surface area contributed by atoms with Gasteiger partial charge in [-0.05, 0) is 25.8 Å². The van der Waals surface area contributed by atoms with Crippen molar-refractivity contribution in [2.45, 2.75) is 196 Å².